The molecule has 0 aliphatic rings. The van der Waals surface area contributed by atoms with Gasteiger partial charge in [0.2, 0.25) is 5.88 Å². The fourth-order valence-electron chi connectivity index (χ4n) is 2.75. The zero-order valence-electron chi connectivity index (χ0n) is 16.1. The van der Waals surface area contributed by atoms with E-state index in [9.17, 15) is 9.18 Å². The fourth-order valence-corrected chi connectivity index (χ4v) is 3.72. The topological polar surface area (TPSA) is 90.3 Å². The lowest BCUT2D eigenvalue weighted by Gasteiger charge is -2.19. The molecule has 3 aromatic heterocycles. The molecule has 0 aliphatic carbocycles. The molecule has 0 spiro atoms. The molecule has 152 valence electrons. The molecule has 30 heavy (non-hydrogen) atoms. The summed E-state index contributed by atoms with van der Waals surface area (Å²) in [5.41, 5.74) is 0.891. The van der Waals surface area contributed by atoms with Gasteiger partial charge in [0.25, 0.3) is 5.91 Å². The summed E-state index contributed by atoms with van der Waals surface area (Å²) in [6, 6.07) is 11.5. The van der Waals surface area contributed by atoms with Crippen molar-refractivity contribution in [3.05, 3.63) is 65.9 Å². The first-order valence-electron chi connectivity index (χ1n) is 8.83. The van der Waals surface area contributed by atoms with Gasteiger partial charge in [-0.1, -0.05) is 23.5 Å². The van der Waals surface area contributed by atoms with Crippen LogP contribution in [0.3, 0.4) is 0 Å². The Kier molecular flexibility index (Phi) is 5.48. The minimum Gasteiger partial charge on any atom is -0.481 e. The predicted molar refractivity (Wildman–Crippen MR) is 109 cm³/mol. The number of thiazole rings is 1. The third-order valence-corrected chi connectivity index (χ3v) is 5.22. The van der Waals surface area contributed by atoms with Crippen molar-refractivity contribution < 1.29 is 18.7 Å². The van der Waals surface area contributed by atoms with E-state index in [2.05, 4.69) is 19.9 Å². The number of ether oxygens (including phenoxy) is 2. The molecule has 4 rings (SSSR count). The molecule has 1 amide bonds. The summed E-state index contributed by atoms with van der Waals surface area (Å²) in [4.78, 5) is 31.6. The van der Waals surface area contributed by atoms with Crippen molar-refractivity contribution in [2.24, 2.45) is 0 Å². The van der Waals surface area contributed by atoms with Gasteiger partial charge in [-0.25, -0.2) is 9.37 Å². The minimum atomic E-state index is -0.473. The van der Waals surface area contributed by atoms with E-state index in [1.165, 1.54) is 42.6 Å². The number of nitrogens with zero attached hydrogens (tertiary/aromatic N) is 5. The molecule has 0 bridgehead atoms. The maximum absolute atomic E-state index is 14.2. The number of halogens is 1. The van der Waals surface area contributed by atoms with Crippen LogP contribution in [-0.2, 0) is 6.54 Å². The summed E-state index contributed by atoms with van der Waals surface area (Å²) in [5, 5.41) is 0.322. The van der Waals surface area contributed by atoms with Crippen molar-refractivity contribution in [3.8, 4) is 11.9 Å². The highest BCUT2D eigenvalue weighted by molar-refractivity contribution is 7.22. The molecule has 1 aromatic carbocycles. The Balaban J connectivity index is 1.80. The number of methoxy groups -OCH3 is 2. The van der Waals surface area contributed by atoms with Gasteiger partial charge in [0, 0.05) is 12.3 Å². The predicted octanol–water partition coefficient (Wildman–Crippen LogP) is 3.48. The van der Waals surface area contributed by atoms with Gasteiger partial charge in [-0.15, -0.1) is 0 Å². The molecule has 0 unspecified atom stereocenters. The van der Waals surface area contributed by atoms with Crippen LogP contribution < -0.4 is 14.4 Å². The van der Waals surface area contributed by atoms with Gasteiger partial charge in [-0.05, 0) is 24.3 Å². The van der Waals surface area contributed by atoms with Gasteiger partial charge >= 0.3 is 6.01 Å². The largest absolute Gasteiger partial charge is 0.481 e. The number of pyridine rings is 1. The number of para-hydroxylation sites is 1. The number of benzene rings is 1. The molecule has 10 heteroatoms. The van der Waals surface area contributed by atoms with Gasteiger partial charge in [0.05, 0.1) is 31.2 Å². The van der Waals surface area contributed by atoms with Gasteiger partial charge in [-0.3, -0.25) is 14.7 Å². The maximum Gasteiger partial charge on any atom is 0.320 e. The summed E-state index contributed by atoms with van der Waals surface area (Å²) >= 11 is 1.20. The second kappa shape index (κ2) is 8.37. The van der Waals surface area contributed by atoms with Crippen molar-refractivity contribution in [3.63, 3.8) is 0 Å². The van der Waals surface area contributed by atoms with Crippen LogP contribution in [-0.4, -0.2) is 40.1 Å². The number of hydrogen-bond acceptors (Lipinski definition) is 8. The van der Waals surface area contributed by atoms with Gasteiger partial charge in [-0.2, -0.15) is 9.97 Å². The van der Waals surface area contributed by atoms with Crippen molar-refractivity contribution in [2.75, 3.05) is 19.1 Å². The number of carbonyl (C=O) groups excluding carboxylic acids is 1. The second-order valence-corrected chi connectivity index (χ2v) is 7.09. The summed E-state index contributed by atoms with van der Waals surface area (Å²) in [6.07, 6.45) is 1.63. The molecule has 0 atom stereocenters. The molecular weight excluding hydrogens is 409 g/mol. The molecular formula is C20H16FN5O3S. The summed E-state index contributed by atoms with van der Waals surface area (Å²) in [6.45, 7) is 0.121. The molecule has 3 heterocycles. The molecule has 0 fully saturated rings. The third kappa shape index (κ3) is 3.90. The highest BCUT2D eigenvalue weighted by atomic mass is 32.1. The third-order valence-electron chi connectivity index (χ3n) is 4.17. The summed E-state index contributed by atoms with van der Waals surface area (Å²) < 4.78 is 25.0. The molecule has 0 saturated heterocycles. The molecule has 0 N–H and O–H groups in total. The van der Waals surface area contributed by atoms with E-state index in [4.69, 9.17) is 9.47 Å². The molecule has 4 aromatic rings. The van der Waals surface area contributed by atoms with Gasteiger partial charge < -0.3 is 9.47 Å². The van der Waals surface area contributed by atoms with Gasteiger partial charge in [0.15, 0.2) is 5.13 Å². The highest BCUT2D eigenvalue weighted by Crippen LogP contribution is 2.32. The lowest BCUT2D eigenvalue weighted by molar-refractivity contribution is 0.0978. The van der Waals surface area contributed by atoms with E-state index in [0.717, 1.165) is 0 Å². The number of anilines is 1. The second-order valence-electron chi connectivity index (χ2n) is 6.08. The van der Waals surface area contributed by atoms with Crippen LogP contribution in [0.25, 0.3) is 10.2 Å². The average molecular weight is 425 g/mol. The molecule has 0 saturated carbocycles. The fraction of sp³-hybridized carbons (Fsp3) is 0.150. The van der Waals surface area contributed by atoms with Crippen LogP contribution in [0.2, 0.25) is 0 Å². The van der Waals surface area contributed by atoms with Crippen LogP contribution in [0.4, 0.5) is 9.52 Å². The number of hydrogen-bond donors (Lipinski definition) is 0. The quantitative estimate of drug-likeness (QED) is 0.467. The van der Waals surface area contributed by atoms with E-state index >= 15 is 0 Å². The van der Waals surface area contributed by atoms with Crippen molar-refractivity contribution in [1.29, 1.82) is 0 Å². The highest BCUT2D eigenvalue weighted by Gasteiger charge is 2.25. The van der Waals surface area contributed by atoms with Crippen molar-refractivity contribution in [1.82, 2.24) is 19.9 Å². The van der Waals surface area contributed by atoms with Crippen LogP contribution in [0.15, 0.2) is 48.7 Å². The number of rotatable bonds is 6. The first-order valence-corrected chi connectivity index (χ1v) is 9.64. The van der Waals surface area contributed by atoms with Crippen LogP contribution >= 0.6 is 11.3 Å². The maximum atomic E-state index is 14.2. The van der Waals surface area contributed by atoms with E-state index < -0.39 is 11.7 Å². The molecule has 8 nitrogen and oxygen atoms in total. The minimum absolute atomic E-state index is 0.00849. The summed E-state index contributed by atoms with van der Waals surface area (Å²) in [5.74, 6) is -0.747. The first-order chi connectivity index (χ1) is 14.6. The van der Waals surface area contributed by atoms with Crippen molar-refractivity contribution in [2.45, 2.75) is 6.54 Å². The number of fused-ring (bicyclic) bond motifs is 1. The molecule has 0 radical (unpaired) electrons. The Bertz CT molecular complexity index is 1180. The zero-order chi connectivity index (χ0) is 21.1. The Labute approximate surface area is 175 Å². The Hall–Kier alpha value is -3.66. The Morgan fingerprint density at radius 1 is 1.10 bits per heavy atom. The number of carbonyl (C=O) groups is 1. The van der Waals surface area contributed by atoms with E-state index in [0.29, 0.717) is 15.5 Å². The number of aromatic nitrogens is 4. The van der Waals surface area contributed by atoms with Crippen LogP contribution in [0.1, 0.15) is 16.2 Å². The smallest absolute Gasteiger partial charge is 0.320 e. The zero-order valence-corrected chi connectivity index (χ0v) is 16.9. The van der Waals surface area contributed by atoms with E-state index in [-0.39, 0.29) is 29.6 Å². The van der Waals surface area contributed by atoms with Crippen LogP contribution in [0.5, 0.6) is 11.9 Å². The standard InChI is InChI=1S/C20H16FN5O3S/c1-28-16-10-14(23-19(24-16)29-2)18(27)26(11-12-6-3-4-9-22-12)20-25-17-13(21)7-5-8-15(17)30-20/h3-10H,11H2,1-2H3. The van der Waals surface area contributed by atoms with E-state index in [1.807, 2.05) is 6.07 Å². The van der Waals surface area contributed by atoms with E-state index in [1.54, 1.807) is 30.5 Å². The van der Waals surface area contributed by atoms with Gasteiger partial charge in [0.1, 0.15) is 17.0 Å². The van der Waals surface area contributed by atoms with Crippen LogP contribution in [0, 0.1) is 5.82 Å². The lowest BCUT2D eigenvalue weighted by atomic mass is 10.3. The molecule has 0 aliphatic heterocycles. The first kappa shape index (κ1) is 19.6. The number of amides is 1. The lowest BCUT2D eigenvalue weighted by Crippen LogP contribution is -2.31. The summed E-state index contributed by atoms with van der Waals surface area (Å²) in [7, 11) is 2.82. The monoisotopic (exact) mass is 425 g/mol. The average Bonchev–Trinajstić information content (AvgIpc) is 3.22. The Morgan fingerprint density at radius 3 is 2.67 bits per heavy atom. The Morgan fingerprint density at radius 2 is 1.97 bits per heavy atom. The normalized spacial score (nSPS) is 10.8. The SMILES string of the molecule is COc1cc(C(=O)N(Cc2ccccn2)c2nc3c(F)cccc3s2)nc(OC)n1. The van der Waals surface area contributed by atoms with Crippen molar-refractivity contribution >= 4 is 32.6 Å².